The maximum absolute atomic E-state index is 11.1. The van der Waals surface area contributed by atoms with Gasteiger partial charge in [0.2, 0.25) is 10.0 Å². The van der Waals surface area contributed by atoms with Crippen molar-refractivity contribution < 1.29 is 13.2 Å². The van der Waals surface area contributed by atoms with Gasteiger partial charge in [-0.2, -0.15) is 0 Å². The first-order valence-corrected chi connectivity index (χ1v) is 6.71. The minimum Gasteiger partial charge on any atom is -0.497 e. The monoisotopic (exact) mass is 234 g/mol. The quantitative estimate of drug-likeness (QED) is 0.626. The molecule has 1 aliphatic heterocycles. The molecule has 1 unspecified atom stereocenters. The maximum Gasteiger partial charge on any atom is 0.212 e. The third-order valence-corrected chi connectivity index (χ3v) is 3.62. The van der Waals surface area contributed by atoms with Crippen molar-refractivity contribution in [1.29, 1.82) is 0 Å². The average molecular weight is 234 g/mol. The Balaban J connectivity index is 2.09. The van der Waals surface area contributed by atoms with Crippen molar-refractivity contribution in [2.75, 3.05) is 25.9 Å². The molecule has 1 aliphatic rings. The molecular formula is C9H18N2O3S. The van der Waals surface area contributed by atoms with Crippen LogP contribution in [-0.2, 0) is 14.8 Å². The molecule has 0 aromatic rings. The zero-order valence-electron chi connectivity index (χ0n) is 8.90. The summed E-state index contributed by atoms with van der Waals surface area (Å²) in [6, 6.07) is 0. The summed E-state index contributed by atoms with van der Waals surface area (Å²) in [6.45, 7) is 1.15. The van der Waals surface area contributed by atoms with Crippen LogP contribution in [0.2, 0.25) is 0 Å². The fourth-order valence-corrected chi connectivity index (χ4v) is 1.92. The minimum atomic E-state index is -3.09. The van der Waals surface area contributed by atoms with E-state index in [1.54, 1.807) is 6.26 Å². The van der Waals surface area contributed by atoms with Gasteiger partial charge in [0.1, 0.15) is 6.10 Å². The zero-order valence-corrected chi connectivity index (χ0v) is 9.72. The Kier molecular flexibility index (Phi) is 5.07. The number of nitrogens with one attached hydrogen (secondary N) is 2. The van der Waals surface area contributed by atoms with E-state index in [2.05, 4.69) is 10.0 Å². The molecule has 0 radical (unpaired) electrons. The lowest BCUT2D eigenvalue weighted by atomic mass is 10.1. The Morgan fingerprint density at radius 2 is 2.33 bits per heavy atom. The number of hydrogen-bond acceptors (Lipinski definition) is 4. The molecule has 1 heterocycles. The fourth-order valence-electron chi connectivity index (χ4n) is 1.31. The van der Waals surface area contributed by atoms with Crippen molar-refractivity contribution in [1.82, 2.24) is 10.0 Å². The van der Waals surface area contributed by atoms with E-state index in [-0.39, 0.29) is 11.9 Å². The highest BCUT2D eigenvalue weighted by Crippen LogP contribution is 2.08. The summed E-state index contributed by atoms with van der Waals surface area (Å²) >= 11 is 0. The Bertz CT molecular complexity index is 300. The minimum absolute atomic E-state index is 0.103. The molecule has 0 fully saturated rings. The van der Waals surface area contributed by atoms with Gasteiger partial charge in [-0.3, -0.25) is 0 Å². The molecule has 2 N–H and O–H groups in total. The van der Waals surface area contributed by atoms with Gasteiger partial charge >= 0.3 is 0 Å². The van der Waals surface area contributed by atoms with Crippen LogP contribution in [-0.4, -0.2) is 40.4 Å². The molecule has 15 heavy (non-hydrogen) atoms. The van der Waals surface area contributed by atoms with Crippen LogP contribution < -0.4 is 10.0 Å². The molecular weight excluding hydrogens is 216 g/mol. The van der Waals surface area contributed by atoms with Crippen molar-refractivity contribution in [2.45, 2.75) is 18.9 Å². The molecule has 5 nitrogen and oxygen atoms in total. The third-order valence-electron chi connectivity index (χ3n) is 2.25. The highest BCUT2D eigenvalue weighted by molar-refractivity contribution is 7.89. The topological polar surface area (TPSA) is 67.4 Å². The van der Waals surface area contributed by atoms with Crippen LogP contribution in [0, 0.1) is 0 Å². The second-order valence-electron chi connectivity index (χ2n) is 3.43. The summed E-state index contributed by atoms with van der Waals surface area (Å²) in [7, 11) is -1.67. The van der Waals surface area contributed by atoms with Crippen molar-refractivity contribution in [3.05, 3.63) is 12.3 Å². The zero-order chi connectivity index (χ0) is 11.1. The molecule has 0 amide bonds. The SMILES string of the molecule is CNS(=O)(=O)CCNCC1CCC=CO1. The van der Waals surface area contributed by atoms with Gasteiger partial charge in [-0.15, -0.1) is 0 Å². The summed E-state index contributed by atoms with van der Waals surface area (Å²) < 4.78 is 29.7. The van der Waals surface area contributed by atoms with E-state index in [0.717, 1.165) is 12.8 Å². The fraction of sp³-hybridized carbons (Fsp3) is 0.778. The van der Waals surface area contributed by atoms with Gasteiger partial charge in [0.05, 0.1) is 12.0 Å². The Morgan fingerprint density at radius 1 is 1.53 bits per heavy atom. The molecule has 0 spiro atoms. The highest BCUT2D eigenvalue weighted by atomic mass is 32.2. The second kappa shape index (κ2) is 6.09. The van der Waals surface area contributed by atoms with Crippen LogP contribution >= 0.6 is 0 Å². The largest absolute Gasteiger partial charge is 0.497 e. The van der Waals surface area contributed by atoms with E-state index < -0.39 is 10.0 Å². The van der Waals surface area contributed by atoms with E-state index in [0.29, 0.717) is 13.1 Å². The first kappa shape index (κ1) is 12.5. The van der Waals surface area contributed by atoms with Gasteiger partial charge in [-0.05, 0) is 26.0 Å². The summed E-state index contributed by atoms with van der Waals surface area (Å²) in [6.07, 6.45) is 5.89. The van der Waals surface area contributed by atoms with Gasteiger partial charge in [-0.25, -0.2) is 13.1 Å². The first-order chi connectivity index (χ1) is 7.14. The Labute approximate surface area is 90.9 Å². The molecule has 0 aromatic heterocycles. The summed E-state index contributed by atoms with van der Waals surface area (Å²) in [4.78, 5) is 0. The highest BCUT2D eigenvalue weighted by Gasteiger charge is 2.11. The number of ether oxygens (including phenoxy) is 1. The van der Waals surface area contributed by atoms with Crippen molar-refractivity contribution in [3.8, 4) is 0 Å². The molecule has 1 atom stereocenters. The number of sulfonamides is 1. The van der Waals surface area contributed by atoms with Crippen LogP contribution in [0.25, 0.3) is 0 Å². The number of hydrogen-bond donors (Lipinski definition) is 2. The van der Waals surface area contributed by atoms with E-state index in [1.807, 2.05) is 6.08 Å². The van der Waals surface area contributed by atoms with E-state index in [1.165, 1.54) is 7.05 Å². The van der Waals surface area contributed by atoms with Gasteiger partial charge < -0.3 is 10.1 Å². The number of rotatable bonds is 6. The van der Waals surface area contributed by atoms with Gasteiger partial charge in [0, 0.05) is 13.1 Å². The molecule has 0 bridgehead atoms. The lowest BCUT2D eigenvalue weighted by molar-refractivity contribution is 0.123. The van der Waals surface area contributed by atoms with Gasteiger partial charge in [0.15, 0.2) is 0 Å². The Morgan fingerprint density at radius 3 is 2.93 bits per heavy atom. The lowest BCUT2D eigenvalue weighted by Crippen LogP contribution is -2.34. The van der Waals surface area contributed by atoms with E-state index in [9.17, 15) is 8.42 Å². The van der Waals surface area contributed by atoms with Crippen LogP contribution in [0.15, 0.2) is 12.3 Å². The summed E-state index contributed by atoms with van der Waals surface area (Å²) in [5, 5.41) is 3.07. The first-order valence-electron chi connectivity index (χ1n) is 5.06. The van der Waals surface area contributed by atoms with Crippen molar-refractivity contribution in [3.63, 3.8) is 0 Å². The van der Waals surface area contributed by atoms with Crippen LogP contribution in [0.5, 0.6) is 0 Å². The molecule has 0 saturated heterocycles. The third kappa shape index (κ3) is 5.15. The molecule has 0 aromatic carbocycles. The summed E-state index contributed by atoms with van der Waals surface area (Å²) in [5.41, 5.74) is 0. The van der Waals surface area contributed by atoms with E-state index in [4.69, 9.17) is 4.74 Å². The van der Waals surface area contributed by atoms with Crippen LogP contribution in [0.1, 0.15) is 12.8 Å². The second-order valence-corrected chi connectivity index (χ2v) is 5.48. The molecule has 88 valence electrons. The van der Waals surface area contributed by atoms with Crippen molar-refractivity contribution in [2.24, 2.45) is 0 Å². The average Bonchev–Trinajstić information content (AvgIpc) is 2.26. The molecule has 1 rings (SSSR count). The maximum atomic E-state index is 11.1. The van der Waals surface area contributed by atoms with Crippen LogP contribution in [0.4, 0.5) is 0 Å². The predicted octanol–water partition coefficient (Wildman–Crippen LogP) is -0.182. The predicted molar refractivity (Wildman–Crippen MR) is 59.0 cm³/mol. The van der Waals surface area contributed by atoms with E-state index >= 15 is 0 Å². The smallest absolute Gasteiger partial charge is 0.212 e. The molecule has 6 heteroatoms. The van der Waals surface area contributed by atoms with Gasteiger partial charge in [0.25, 0.3) is 0 Å². The van der Waals surface area contributed by atoms with Crippen molar-refractivity contribution >= 4 is 10.0 Å². The Hall–Kier alpha value is -0.590. The van der Waals surface area contributed by atoms with Gasteiger partial charge in [-0.1, -0.05) is 0 Å². The lowest BCUT2D eigenvalue weighted by Gasteiger charge is -2.19. The summed E-state index contributed by atoms with van der Waals surface area (Å²) in [5.74, 6) is 0.103. The normalized spacial score (nSPS) is 21.3. The van der Waals surface area contributed by atoms with Crippen LogP contribution in [0.3, 0.4) is 0 Å². The molecule has 0 saturated carbocycles. The standard InChI is InChI=1S/C9H18N2O3S/c1-10-15(12,13)7-5-11-8-9-4-2-3-6-14-9/h3,6,9-11H,2,4-5,7-8H2,1H3. The molecule has 0 aliphatic carbocycles. The number of allylic oxidation sites excluding steroid dienone is 1.